The van der Waals surface area contributed by atoms with Crippen LogP contribution in [0, 0.1) is 0 Å². The zero-order valence-electron chi connectivity index (χ0n) is 13.1. The van der Waals surface area contributed by atoms with Gasteiger partial charge >= 0.3 is 5.97 Å². The van der Waals surface area contributed by atoms with Gasteiger partial charge in [0.1, 0.15) is 0 Å². The lowest BCUT2D eigenvalue weighted by atomic mass is 10.1. The lowest BCUT2D eigenvalue weighted by Crippen LogP contribution is -2.32. The molecular formula is C18H10ClN3O4. The molecule has 2 aromatic carbocycles. The van der Waals surface area contributed by atoms with Gasteiger partial charge in [0, 0.05) is 11.2 Å². The van der Waals surface area contributed by atoms with Crippen LogP contribution in [-0.4, -0.2) is 32.6 Å². The van der Waals surface area contributed by atoms with Crippen molar-refractivity contribution in [2.75, 3.05) is 0 Å². The number of hydrogen-bond acceptors (Lipinski definition) is 5. The number of carbonyl (C=O) groups excluding carboxylic acids is 3. The van der Waals surface area contributed by atoms with Gasteiger partial charge in [0.05, 0.1) is 16.8 Å². The molecule has 0 unspecified atom stereocenters. The van der Waals surface area contributed by atoms with Crippen LogP contribution in [0.2, 0.25) is 5.02 Å². The second-order valence-corrected chi connectivity index (χ2v) is 5.89. The molecule has 0 atom stereocenters. The average Bonchev–Trinajstić information content (AvgIpc) is 3.22. The first-order chi connectivity index (χ1) is 12.5. The number of hydrogen-bond donors (Lipinski definition) is 0. The van der Waals surface area contributed by atoms with Crippen molar-refractivity contribution in [1.82, 2.24) is 14.8 Å². The summed E-state index contributed by atoms with van der Waals surface area (Å²) in [5, 5.41) is 5.07. The van der Waals surface area contributed by atoms with E-state index >= 15 is 0 Å². The summed E-state index contributed by atoms with van der Waals surface area (Å²) in [5.41, 5.74) is 0.975. The Bertz CT molecular complexity index is 1020. The lowest BCUT2D eigenvalue weighted by Gasteiger charge is -2.11. The van der Waals surface area contributed by atoms with Crippen LogP contribution < -0.4 is 0 Å². The molecule has 0 N–H and O–H groups in total. The van der Waals surface area contributed by atoms with E-state index in [1.807, 2.05) is 0 Å². The molecule has 1 aliphatic heterocycles. The quantitative estimate of drug-likeness (QED) is 0.665. The Kier molecular flexibility index (Phi) is 3.78. The van der Waals surface area contributed by atoms with Crippen molar-refractivity contribution in [2.24, 2.45) is 0 Å². The summed E-state index contributed by atoms with van der Waals surface area (Å²) in [4.78, 5) is 41.7. The molecule has 0 spiro atoms. The molecule has 0 aliphatic carbocycles. The Hall–Kier alpha value is -3.45. The first kappa shape index (κ1) is 16.0. The largest absolute Gasteiger partial charge is 0.384 e. The number of rotatable bonds is 3. The second kappa shape index (κ2) is 6.12. The fourth-order valence-corrected chi connectivity index (χ4v) is 2.76. The third-order valence-electron chi connectivity index (χ3n) is 3.80. The Labute approximate surface area is 152 Å². The first-order valence-electron chi connectivity index (χ1n) is 7.56. The van der Waals surface area contributed by atoms with E-state index in [2.05, 4.69) is 5.10 Å². The minimum atomic E-state index is -0.916. The SMILES string of the molecule is O=C(ON1C(=O)c2ccccc2C1=O)c1ccn(-c2cccc(Cl)c2)n1. The molecule has 4 rings (SSSR count). The van der Waals surface area contributed by atoms with Crippen LogP contribution in [0.5, 0.6) is 0 Å². The maximum atomic E-state index is 12.3. The molecule has 128 valence electrons. The molecule has 3 aromatic rings. The van der Waals surface area contributed by atoms with Gasteiger partial charge in [0.2, 0.25) is 0 Å². The highest BCUT2D eigenvalue weighted by Gasteiger charge is 2.39. The topological polar surface area (TPSA) is 81.5 Å². The molecule has 0 bridgehead atoms. The van der Waals surface area contributed by atoms with Crippen LogP contribution in [-0.2, 0) is 4.84 Å². The number of benzene rings is 2. The van der Waals surface area contributed by atoms with Crippen LogP contribution in [0.15, 0.2) is 60.8 Å². The van der Waals surface area contributed by atoms with Gasteiger partial charge in [-0.15, -0.1) is 0 Å². The Morgan fingerprint density at radius 2 is 1.65 bits per heavy atom. The highest BCUT2D eigenvalue weighted by Crippen LogP contribution is 2.23. The second-order valence-electron chi connectivity index (χ2n) is 5.45. The first-order valence-corrected chi connectivity index (χ1v) is 7.94. The van der Waals surface area contributed by atoms with Crippen molar-refractivity contribution < 1.29 is 19.2 Å². The standard InChI is InChI=1S/C18H10ClN3O4/c19-11-4-3-5-12(10-11)21-9-8-15(20-21)18(25)26-22-16(23)13-6-1-2-7-14(13)17(22)24/h1-10H. The molecule has 8 heteroatoms. The summed E-state index contributed by atoms with van der Waals surface area (Å²) in [6.07, 6.45) is 1.55. The summed E-state index contributed by atoms with van der Waals surface area (Å²) in [6.45, 7) is 0. The zero-order valence-corrected chi connectivity index (χ0v) is 13.9. The molecule has 2 heterocycles. The summed E-state index contributed by atoms with van der Waals surface area (Å²) in [7, 11) is 0. The number of hydroxylamine groups is 2. The molecule has 1 aromatic heterocycles. The van der Waals surface area contributed by atoms with Gasteiger partial charge in [-0.05, 0) is 36.4 Å². The number of halogens is 1. The number of aromatic nitrogens is 2. The molecule has 0 saturated carbocycles. The maximum absolute atomic E-state index is 12.3. The monoisotopic (exact) mass is 367 g/mol. The van der Waals surface area contributed by atoms with Crippen molar-refractivity contribution in [2.45, 2.75) is 0 Å². The lowest BCUT2D eigenvalue weighted by molar-refractivity contribution is -0.0588. The van der Waals surface area contributed by atoms with E-state index in [0.29, 0.717) is 15.8 Å². The van der Waals surface area contributed by atoms with Crippen LogP contribution in [0.1, 0.15) is 31.2 Å². The maximum Gasteiger partial charge on any atom is 0.384 e. The number of imide groups is 1. The summed E-state index contributed by atoms with van der Waals surface area (Å²) < 4.78 is 1.44. The van der Waals surface area contributed by atoms with E-state index in [9.17, 15) is 14.4 Å². The fraction of sp³-hybridized carbons (Fsp3) is 0. The molecule has 1 aliphatic rings. The van der Waals surface area contributed by atoms with Crippen molar-refractivity contribution in [1.29, 1.82) is 0 Å². The summed E-state index contributed by atoms with van der Waals surface area (Å²) in [5.74, 6) is -2.29. The van der Waals surface area contributed by atoms with E-state index < -0.39 is 17.8 Å². The van der Waals surface area contributed by atoms with E-state index in [-0.39, 0.29) is 16.8 Å². The van der Waals surface area contributed by atoms with Crippen LogP contribution in [0.25, 0.3) is 5.69 Å². The van der Waals surface area contributed by atoms with E-state index in [1.54, 1.807) is 42.6 Å². The third kappa shape index (κ3) is 2.64. The minimum Gasteiger partial charge on any atom is -0.322 e. The van der Waals surface area contributed by atoms with Crippen LogP contribution >= 0.6 is 11.6 Å². The van der Waals surface area contributed by atoms with E-state index in [4.69, 9.17) is 16.4 Å². The van der Waals surface area contributed by atoms with Crippen molar-refractivity contribution >= 4 is 29.4 Å². The summed E-state index contributed by atoms with van der Waals surface area (Å²) >= 11 is 5.94. The van der Waals surface area contributed by atoms with E-state index in [0.717, 1.165) is 0 Å². The van der Waals surface area contributed by atoms with Crippen molar-refractivity contribution in [3.8, 4) is 5.69 Å². The third-order valence-corrected chi connectivity index (χ3v) is 4.04. The normalized spacial score (nSPS) is 13.0. The fourth-order valence-electron chi connectivity index (χ4n) is 2.57. The molecule has 0 radical (unpaired) electrons. The van der Waals surface area contributed by atoms with Gasteiger partial charge in [0.25, 0.3) is 11.8 Å². The van der Waals surface area contributed by atoms with Crippen LogP contribution in [0.3, 0.4) is 0 Å². The minimum absolute atomic E-state index is 0.0541. The molecule has 7 nitrogen and oxygen atoms in total. The van der Waals surface area contributed by atoms with Gasteiger partial charge in [-0.2, -0.15) is 5.10 Å². The molecule has 0 fully saturated rings. The van der Waals surface area contributed by atoms with Gasteiger partial charge < -0.3 is 4.84 Å². The van der Waals surface area contributed by atoms with Gasteiger partial charge in [-0.25, -0.2) is 9.48 Å². The average molecular weight is 368 g/mol. The zero-order chi connectivity index (χ0) is 18.3. The highest BCUT2D eigenvalue weighted by molar-refractivity contribution is 6.30. The van der Waals surface area contributed by atoms with Gasteiger partial charge in [0.15, 0.2) is 5.69 Å². The summed E-state index contributed by atoms with van der Waals surface area (Å²) in [6, 6.07) is 14.6. The Morgan fingerprint density at radius 3 is 2.31 bits per heavy atom. The van der Waals surface area contributed by atoms with Gasteiger partial charge in [-0.3, -0.25) is 9.59 Å². The van der Waals surface area contributed by atoms with Crippen molar-refractivity contribution in [3.05, 3.63) is 82.6 Å². The Morgan fingerprint density at radius 1 is 0.962 bits per heavy atom. The number of nitrogens with zero attached hydrogens (tertiary/aromatic N) is 3. The van der Waals surface area contributed by atoms with Crippen LogP contribution in [0.4, 0.5) is 0 Å². The number of amides is 2. The number of carbonyl (C=O) groups is 3. The highest BCUT2D eigenvalue weighted by atomic mass is 35.5. The molecule has 0 saturated heterocycles. The predicted octanol–water partition coefficient (Wildman–Crippen LogP) is 2.89. The predicted molar refractivity (Wildman–Crippen MR) is 90.9 cm³/mol. The van der Waals surface area contributed by atoms with E-state index in [1.165, 1.54) is 22.9 Å². The number of fused-ring (bicyclic) bond motifs is 1. The smallest absolute Gasteiger partial charge is 0.322 e. The molecule has 26 heavy (non-hydrogen) atoms. The molecular weight excluding hydrogens is 358 g/mol. The van der Waals surface area contributed by atoms with Gasteiger partial charge in [-0.1, -0.05) is 34.9 Å². The molecule has 2 amide bonds. The Balaban J connectivity index is 1.55. The van der Waals surface area contributed by atoms with Crippen molar-refractivity contribution in [3.63, 3.8) is 0 Å².